The van der Waals surface area contributed by atoms with Crippen molar-refractivity contribution in [2.24, 2.45) is 0 Å². The molecule has 9 heteroatoms. The first-order chi connectivity index (χ1) is 9.90. The first kappa shape index (κ1) is 18.9. The summed E-state index contributed by atoms with van der Waals surface area (Å²) >= 11 is 0. The van der Waals surface area contributed by atoms with Crippen molar-refractivity contribution in [3.8, 4) is 0 Å². The van der Waals surface area contributed by atoms with Crippen molar-refractivity contribution < 1.29 is 35.1 Å². The lowest BCUT2D eigenvalue weighted by atomic mass is 10.0. The standard InChI is InChI=1S/C6H13NO5.C6H5NO2/c8-2-6(3-9,4-10)7-1-5(11)12;8-6(9)5-1-3-7-4-2-5/h7-10H,1-4H2,(H,11,12);1-4H,(H,8,9). The van der Waals surface area contributed by atoms with E-state index in [4.69, 9.17) is 25.5 Å². The number of aliphatic hydroxyl groups is 3. The van der Waals surface area contributed by atoms with Crippen molar-refractivity contribution in [3.63, 3.8) is 0 Å². The average Bonchev–Trinajstić information content (AvgIpc) is 2.50. The number of hydrogen-bond acceptors (Lipinski definition) is 7. The predicted molar refractivity (Wildman–Crippen MR) is 70.8 cm³/mol. The molecule has 0 unspecified atom stereocenters. The fourth-order valence-corrected chi connectivity index (χ4v) is 1.08. The fourth-order valence-electron chi connectivity index (χ4n) is 1.08. The number of nitrogens with one attached hydrogen (secondary N) is 1. The number of aromatic nitrogens is 1. The van der Waals surface area contributed by atoms with Crippen LogP contribution in [0, 0.1) is 0 Å². The molecular formula is C12H18N2O7. The number of hydrogen-bond donors (Lipinski definition) is 6. The van der Waals surface area contributed by atoms with Crippen LogP contribution in [-0.2, 0) is 4.79 Å². The van der Waals surface area contributed by atoms with E-state index in [9.17, 15) is 9.59 Å². The van der Waals surface area contributed by atoms with Gasteiger partial charge in [-0.2, -0.15) is 0 Å². The minimum atomic E-state index is -1.31. The molecule has 1 aromatic heterocycles. The van der Waals surface area contributed by atoms with Gasteiger partial charge in [-0.25, -0.2) is 4.79 Å². The van der Waals surface area contributed by atoms with Crippen LogP contribution in [0.4, 0.5) is 0 Å². The highest BCUT2D eigenvalue weighted by Gasteiger charge is 2.27. The second-order valence-corrected chi connectivity index (χ2v) is 4.04. The minimum Gasteiger partial charge on any atom is -0.480 e. The number of carboxylic acid groups (broad SMARTS) is 2. The Morgan fingerprint density at radius 1 is 1.05 bits per heavy atom. The van der Waals surface area contributed by atoms with E-state index >= 15 is 0 Å². The highest BCUT2D eigenvalue weighted by Crippen LogP contribution is 2.00. The molecule has 0 fully saturated rings. The van der Waals surface area contributed by atoms with Crippen molar-refractivity contribution in [2.75, 3.05) is 26.4 Å². The van der Waals surface area contributed by atoms with E-state index in [0.717, 1.165) is 0 Å². The summed E-state index contributed by atoms with van der Waals surface area (Å²) in [5.41, 5.74) is -1.04. The number of carboxylic acids is 2. The van der Waals surface area contributed by atoms with Crippen LogP contribution in [0.15, 0.2) is 24.5 Å². The van der Waals surface area contributed by atoms with Gasteiger partial charge in [0, 0.05) is 12.4 Å². The van der Waals surface area contributed by atoms with Gasteiger partial charge >= 0.3 is 11.9 Å². The lowest BCUT2D eigenvalue weighted by Gasteiger charge is -2.27. The summed E-state index contributed by atoms with van der Waals surface area (Å²) in [5, 5.41) is 45.1. The van der Waals surface area contributed by atoms with Crippen molar-refractivity contribution in [2.45, 2.75) is 5.54 Å². The third-order valence-electron chi connectivity index (χ3n) is 2.45. The molecule has 0 saturated carbocycles. The molecule has 1 aromatic rings. The maximum atomic E-state index is 10.2. The van der Waals surface area contributed by atoms with Crippen molar-refractivity contribution >= 4 is 11.9 Å². The Labute approximate surface area is 120 Å². The molecule has 0 radical (unpaired) electrons. The molecule has 1 heterocycles. The summed E-state index contributed by atoms with van der Waals surface area (Å²) in [7, 11) is 0. The van der Waals surface area contributed by atoms with Crippen LogP contribution >= 0.6 is 0 Å². The third-order valence-corrected chi connectivity index (χ3v) is 2.45. The van der Waals surface area contributed by atoms with E-state index in [1.54, 1.807) is 0 Å². The number of carbonyl (C=O) groups is 2. The SMILES string of the molecule is O=C(O)CNC(CO)(CO)CO.O=C(O)c1ccncc1. The molecule has 0 aliphatic carbocycles. The van der Waals surface area contributed by atoms with E-state index < -0.39 is 43.8 Å². The summed E-state index contributed by atoms with van der Waals surface area (Å²) in [6.07, 6.45) is 2.90. The highest BCUT2D eigenvalue weighted by atomic mass is 16.4. The molecule has 0 aliphatic heterocycles. The Kier molecular flexibility index (Phi) is 8.81. The molecule has 0 spiro atoms. The number of rotatable bonds is 7. The van der Waals surface area contributed by atoms with Crippen LogP contribution in [0.5, 0.6) is 0 Å². The third kappa shape index (κ3) is 7.32. The van der Waals surface area contributed by atoms with Gasteiger partial charge in [0.1, 0.15) is 0 Å². The van der Waals surface area contributed by atoms with Crippen molar-refractivity contribution in [1.82, 2.24) is 10.3 Å². The number of aromatic carboxylic acids is 1. The first-order valence-electron chi connectivity index (χ1n) is 5.83. The number of pyridine rings is 1. The Balaban J connectivity index is 0.000000394. The van der Waals surface area contributed by atoms with E-state index in [2.05, 4.69) is 10.3 Å². The monoisotopic (exact) mass is 302 g/mol. The Hall–Kier alpha value is -2.07. The van der Waals surface area contributed by atoms with Crippen LogP contribution in [0.1, 0.15) is 10.4 Å². The molecule has 0 bridgehead atoms. The van der Waals surface area contributed by atoms with Gasteiger partial charge in [-0.15, -0.1) is 0 Å². The minimum absolute atomic E-state index is 0.269. The quantitative estimate of drug-likeness (QED) is 0.340. The topological polar surface area (TPSA) is 160 Å². The van der Waals surface area contributed by atoms with Gasteiger partial charge in [0.15, 0.2) is 0 Å². The van der Waals surface area contributed by atoms with Gasteiger partial charge in [-0.3, -0.25) is 15.1 Å². The second-order valence-electron chi connectivity index (χ2n) is 4.04. The van der Waals surface area contributed by atoms with E-state index in [1.807, 2.05) is 0 Å². The molecule has 6 N–H and O–H groups in total. The van der Waals surface area contributed by atoms with Crippen LogP contribution in [0.2, 0.25) is 0 Å². The average molecular weight is 302 g/mol. The number of aliphatic hydroxyl groups excluding tert-OH is 3. The van der Waals surface area contributed by atoms with Crippen LogP contribution in [-0.4, -0.2) is 74.4 Å². The zero-order valence-electron chi connectivity index (χ0n) is 11.1. The number of nitrogens with zero attached hydrogens (tertiary/aromatic N) is 1. The zero-order valence-corrected chi connectivity index (χ0v) is 11.1. The molecule has 0 atom stereocenters. The van der Waals surface area contributed by atoms with E-state index in [1.165, 1.54) is 24.5 Å². The van der Waals surface area contributed by atoms with Crippen LogP contribution in [0.25, 0.3) is 0 Å². The molecule has 21 heavy (non-hydrogen) atoms. The van der Waals surface area contributed by atoms with Crippen molar-refractivity contribution in [3.05, 3.63) is 30.1 Å². The largest absolute Gasteiger partial charge is 0.480 e. The maximum absolute atomic E-state index is 10.2. The van der Waals surface area contributed by atoms with Crippen molar-refractivity contribution in [1.29, 1.82) is 0 Å². The van der Waals surface area contributed by atoms with E-state index in [-0.39, 0.29) is 5.56 Å². The summed E-state index contributed by atoms with van der Waals surface area (Å²) in [6, 6.07) is 2.89. The van der Waals surface area contributed by atoms with Gasteiger partial charge in [0.05, 0.1) is 37.5 Å². The molecule has 0 aliphatic rings. The van der Waals surface area contributed by atoms with Crippen LogP contribution in [0.3, 0.4) is 0 Å². The normalized spacial score (nSPS) is 10.4. The molecule has 0 aromatic carbocycles. The summed E-state index contributed by atoms with van der Waals surface area (Å²) in [6.45, 7) is -1.98. The molecule has 1 rings (SSSR count). The molecule has 118 valence electrons. The first-order valence-corrected chi connectivity index (χ1v) is 5.83. The number of aliphatic carboxylic acids is 1. The fraction of sp³-hybridized carbons (Fsp3) is 0.417. The zero-order chi connectivity index (χ0) is 16.3. The summed E-state index contributed by atoms with van der Waals surface area (Å²) in [4.78, 5) is 23.9. The molecule has 0 amide bonds. The lowest BCUT2D eigenvalue weighted by molar-refractivity contribution is -0.136. The van der Waals surface area contributed by atoms with E-state index in [0.29, 0.717) is 0 Å². The van der Waals surface area contributed by atoms with Gasteiger partial charge < -0.3 is 25.5 Å². The maximum Gasteiger partial charge on any atom is 0.335 e. The summed E-state index contributed by atoms with van der Waals surface area (Å²) in [5.74, 6) is -2.04. The van der Waals surface area contributed by atoms with Gasteiger partial charge in [-0.05, 0) is 12.1 Å². The van der Waals surface area contributed by atoms with Gasteiger partial charge in [0.2, 0.25) is 0 Å². The van der Waals surface area contributed by atoms with Crippen LogP contribution < -0.4 is 5.32 Å². The molecular weight excluding hydrogens is 284 g/mol. The predicted octanol–water partition coefficient (Wildman–Crippen LogP) is -1.84. The molecule has 0 saturated heterocycles. The van der Waals surface area contributed by atoms with Gasteiger partial charge in [0.25, 0.3) is 0 Å². The van der Waals surface area contributed by atoms with Gasteiger partial charge in [-0.1, -0.05) is 0 Å². The summed E-state index contributed by atoms with van der Waals surface area (Å²) < 4.78 is 0. The second kappa shape index (κ2) is 9.77. The Morgan fingerprint density at radius 2 is 1.52 bits per heavy atom. The lowest BCUT2D eigenvalue weighted by Crippen LogP contribution is -2.56. The Bertz CT molecular complexity index is 426. The molecule has 9 nitrogen and oxygen atoms in total. The smallest absolute Gasteiger partial charge is 0.335 e. The highest BCUT2D eigenvalue weighted by molar-refractivity contribution is 5.87. The Morgan fingerprint density at radius 3 is 1.81 bits per heavy atom.